The Morgan fingerprint density at radius 1 is 1.07 bits per heavy atom. The van der Waals surface area contributed by atoms with Crippen molar-refractivity contribution in [3.05, 3.63) is 52.6 Å². The van der Waals surface area contributed by atoms with E-state index in [1.165, 1.54) is 31.8 Å². The molecule has 0 saturated carbocycles. The zero-order chi connectivity index (χ0) is 20.5. The summed E-state index contributed by atoms with van der Waals surface area (Å²) in [5.74, 6) is 0.230. The summed E-state index contributed by atoms with van der Waals surface area (Å²) in [5, 5.41) is 1.07. The maximum absolute atomic E-state index is 12.9. The molecule has 0 aliphatic carbocycles. The summed E-state index contributed by atoms with van der Waals surface area (Å²) >= 11 is 3.51. The largest absolute Gasteiger partial charge is 0.345 e. The fraction of sp³-hybridized carbons (Fsp3) is 0.391. The van der Waals surface area contributed by atoms with Crippen molar-refractivity contribution >= 4 is 44.4 Å². The smallest absolute Gasteiger partial charge is 0.227 e. The van der Waals surface area contributed by atoms with Crippen LogP contribution in [-0.4, -0.2) is 48.2 Å². The van der Waals surface area contributed by atoms with Crippen LogP contribution >= 0.6 is 23.1 Å². The molecule has 29 heavy (non-hydrogen) atoms. The second-order valence-electron chi connectivity index (χ2n) is 7.75. The molecule has 2 aromatic carbocycles. The number of nitrogens with zero attached hydrogens (tertiary/aromatic N) is 3. The van der Waals surface area contributed by atoms with Crippen molar-refractivity contribution in [2.45, 2.75) is 32.1 Å². The van der Waals surface area contributed by atoms with E-state index < -0.39 is 0 Å². The van der Waals surface area contributed by atoms with Gasteiger partial charge < -0.3 is 9.80 Å². The summed E-state index contributed by atoms with van der Waals surface area (Å²) in [6.45, 7) is 9.52. The maximum Gasteiger partial charge on any atom is 0.227 e. The Morgan fingerprint density at radius 3 is 2.41 bits per heavy atom. The van der Waals surface area contributed by atoms with Crippen molar-refractivity contribution in [1.29, 1.82) is 0 Å². The van der Waals surface area contributed by atoms with Gasteiger partial charge in [-0.25, -0.2) is 4.98 Å². The third-order valence-corrected chi connectivity index (χ3v) is 7.46. The molecule has 0 atom stereocenters. The van der Waals surface area contributed by atoms with Gasteiger partial charge >= 0.3 is 0 Å². The molecule has 1 fully saturated rings. The Kier molecular flexibility index (Phi) is 5.83. The van der Waals surface area contributed by atoms with Crippen LogP contribution in [-0.2, 0) is 11.2 Å². The molecule has 1 aliphatic rings. The number of aromatic nitrogens is 1. The van der Waals surface area contributed by atoms with Crippen LogP contribution in [0.5, 0.6) is 0 Å². The molecule has 0 N–H and O–H groups in total. The quantitative estimate of drug-likeness (QED) is 0.561. The lowest BCUT2D eigenvalue weighted by Crippen LogP contribution is -2.49. The minimum absolute atomic E-state index is 0.230. The first-order chi connectivity index (χ1) is 13.9. The van der Waals surface area contributed by atoms with E-state index >= 15 is 0 Å². The summed E-state index contributed by atoms with van der Waals surface area (Å²) in [6.07, 6.45) is 2.59. The molecule has 3 aromatic rings. The first kappa shape index (κ1) is 20.2. The van der Waals surface area contributed by atoms with Crippen molar-refractivity contribution in [3.63, 3.8) is 0 Å². The van der Waals surface area contributed by atoms with Gasteiger partial charge in [0.15, 0.2) is 5.13 Å². The lowest BCUT2D eigenvalue weighted by Gasteiger charge is -2.34. The number of rotatable bonds is 4. The van der Waals surface area contributed by atoms with Crippen LogP contribution in [0.1, 0.15) is 22.3 Å². The van der Waals surface area contributed by atoms with E-state index in [2.05, 4.69) is 62.3 Å². The molecular formula is C23H27N3OS2. The number of hydrogen-bond donors (Lipinski definition) is 0. The number of benzene rings is 2. The van der Waals surface area contributed by atoms with Gasteiger partial charge in [0, 0.05) is 31.1 Å². The van der Waals surface area contributed by atoms with Crippen molar-refractivity contribution in [2.24, 2.45) is 0 Å². The highest BCUT2D eigenvalue weighted by Crippen LogP contribution is 2.32. The maximum atomic E-state index is 12.9. The van der Waals surface area contributed by atoms with Crippen molar-refractivity contribution < 1.29 is 4.79 Å². The number of thiazole rings is 1. The molecule has 1 amide bonds. The topological polar surface area (TPSA) is 36.4 Å². The zero-order valence-corrected chi connectivity index (χ0v) is 19.1. The Balaban J connectivity index is 1.41. The molecule has 152 valence electrons. The highest BCUT2D eigenvalue weighted by atomic mass is 32.2. The number of carbonyl (C=O) groups excluding carboxylic acids is 1. The van der Waals surface area contributed by atoms with Crippen molar-refractivity contribution in [3.8, 4) is 0 Å². The molecule has 0 unspecified atom stereocenters. The molecule has 0 bridgehead atoms. The molecule has 1 aliphatic heterocycles. The van der Waals surface area contributed by atoms with Gasteiger partial charge in [0.25, 0.3) is 0 Å². The SMILES string of the molecule is CSc1ccc2nc(N3CCN(C(=O)Cc4c(C)cc(C)cc4C)CC3)sc2c1. The van der Waals surface area contributed by atoms with Crippen molar-refractivity contribution in [1.82, 2.24) is 9.88 Å². The lowest BCUT2D eigenvalue weighted by atomic mass is 9.97. The monoisotopic (exact) mass is 425 g/mol. The van der Waals surface area contributed by atoms with Gasteiger partial charge in [-0.05, 0) is 61.9 Å². The Bertz CT molecular complexity index is 1030. The van der Waals surface area contributed by atoms with Gasteiger partial charge in [-0.3, -0.25) is 4.79 Å². The molecule has 6 heteroatoms. The van der Waals surface area contributed by atoms with E-state index in [1.54, 1.807) is 23.1 Å². The molecule has 1 aromatic heterocycles. The van der Waals surface area contributed by atoms with E-state index in [0.717, 1.165) is 36.8 Å². The molecule has 0 radical (unpaired) electrons. The summed E-state index contributed by atoms with van der Waals surface area (Å²) in [4.78, 5) is 23.3. The first-order valence-corrected chi connectivity index (χ1v) is 12.0. The molecular weight excluding hydrogens is 398 g/mol. The van der Waals surface area contributed by atoms with Gasteiger partial charge in [-0.2, -0.15) is 0 Å². The highest BCUT2D eigenvalue weighted by Gasteiger charge is 2.24. The van der Waals surface area contributed by atoms with Crippen LogP contribution < -0.4 is 4.90 Å². The van der Waals surface area contributed by atoms with Gasteiger partial charge in [0.05, 0.1) is 16.6 Å². The first-order valence-electron chi connectivity index (χ1n) is 9.98. The summed E-state index contributed by atoms with van der Waals surface area (Å²) in [6, 6.07) is 10.8. The number of carbonyl (C=O) groups is 1. The van der Waals surface area contributed by atoms with Crippen LogP contribution in [0.25, 0.3) is 10.2 Å². The fourth-order valence-corrected chi connectivity index (χ4v) is 5.62. The molecule has 2 heterocycles. The minimum atomic E-state index is 0.230. The number of thioether (sulfide) groups is 1. The molecule has 4 rings (SSSR count). The third-order valence-electron chi connectivity index (χ3n) is 5.66. The minimum Gasteiger partial charge on any atom is -0.345 e. The number of amides is 1. The molecule has 4 nitrogen and oxygen atoms in total. The summed E-state index contributed by atoms with van der Waals surface area (Å²) in [5.41, 5.74) is 5.93. The normalized spacial score (nSPS) is 14.6. The van der Waals surface area contributed by atoms with E-state index in [4.69, 9.17) is 4.98 Å². The average molecular weight is 426 g/mol. The zero-order valence-electron chi connectivity index (χ0n) is 17.5. The second kappa shape index (κ2) is 8.36. The highest BCUT2D eigenvalue weighted by molar-refractivity contribution is 7.98. The van der Waals surface area contributed by atoms with E-state index in [0.29, 0.717) is 6.42 Å². The number of fused-ring (bicyclic) bond motifs is 1. The predicted octanol–water partition coefficient (Wildman–Crippen LogP) is 4.83. The molecule has 0 spiro atoms. The third kappa shape index (κ3) is 4.28. The number of hydrogen-bond acceptors (Lipinski definition) is 5. The van der Waals surface area contributed by atoms with Gasteiger partial charge in [0.1, 0.15) is 0 Å². The van der Waals surface area contributed by atoms with Gasteiger partial charge in [-0.1, -0.05) is 29.0 Å². The van der Waals surface area contributed by atoms with Gasteiger partial charge in [0.2, 0.25) is 5.91 Å². The predicted molar refractivity (Wildman–Crippen MR) is 125 cm³/mol. The Labute approximate surface area is 180 Å². The summed E-state index contributed by atoms with van der Waals surface area (Å²) in [7, 11) is 0. The Morgan fingerprint density at radius 2 is 1.76 bits per heavy atom. The van der Waals surface area contributed by atoms with E-state index in [9.17, 15) is 4.79 Å². The number of piperazine rings is 1. The lowest BCUT2D eigenvalue weighted by molar-refractivity contribution is -0.130. The summed E-state index contributed by atoms with van der Waals surface area (Å²) < 4.78 is 1.23. The van der Waals surface area contributed by atoms with Crippen LogP contribution in [0.15, 0.2) is 35.2 Å². The number of anilines is 1. The standard InChI is InChI=1S/C23H27N3OS2/c1-15-11-16(2)19(17(3)12-15)14-22(27)25-7-9-26(10-8-25)23-24-20-6-5-18(28-4)13-21(20)29-23/h5-6,11-13H,7-10,14H2,1-4H3. The second-order valence-corrected chi connectivity index (χ2v) is 9.64. The number of aryl methyl sites for hydroxylation is 3. The van der Waals surface area contributed by atoms with E-state index in [-0.39, 0.29) is 5.91 Å². The van der Waals surface area contributed by atoms with Crippen LogP contribution in [0.3, 0.4) is 0 Å². The average Bonchev–Trinajstić information content (AvgIpc) is 3.13. The van der Waals surface area contributed by atoms with Crippen LogP contribution in [0.4, 0.5) is 5.13 Å². The van der Waals surface area contributed by atoms with Crippen LogP contribution in [0, 0.1) is 20.8 Å². The van der Waals surface area contributed by atoms with E-state index in [1.807, 2.05) is 4.90 Å². The van der Waals surface area contributed by atoms with Gasteiger partial charge in [-0.15, -0.1) is 11.8 Å². The van der Waals surface area contributed by atoms with Crippen LogP contribution in [0.2, 0.25) is 0 Å². The molecule has 1 saturated heterocycles. The fourth-order valence-electron chi connectivity index (χ4n) is 4.05. The van der Waals surface area contributed by atoms with Crippen molar-refractivity contribution in [2.75, 3.05) is 37.3 Å². The Hall–Kier alpha value is -2.05.